The van der Waals surface area contributed by atoms with Gasteiger partial charge in [-0.05, 0) is 34.5 Å². The van der Waals surface area contributed by atoms with Crippen molar-refractivity contribution in [3.63, 3.8) is 0 Å². The Morgan fingerprint density at radius 2 is 1.58 bits per heavy atom. The zero-order valence-electron chi connectivity index (χ0n) is 12.5. The van der Waals surface area contributed by atoms with E-state index in [1.165, 1.54) is 0 Å². The van der Waals surface area contributed by atoms with E-state index >= 15 is 0 Å². The topological polar surface area (TPSA) is 64.6 Å². The Labute approximate surface area is 136 Å². The molecular formula is C19H11NO4. The van der Waals surface area contributed by atoms with E-state index in [0.29, 0.717) is 22.6 Å². The van der Waals surface area contributed by atoms with Gasteiger partial charge in [0.05, 0.1) is 11.1 Å². The third kappa shape index (κ3) is 1.69. The van der Waals surface area contributed by atoms with Gasteiger partial charge in [-0.2, -0.15) is 0 Å². The van der Waals surface area contributed by atoms with Crippen LogP contribution in [-0.4, -0.2) is 18.6 Å². The van der Waals surface area contributed by atoms with Crippen molar-refractivity contribution in [3.05, 3.63) is 59.7 Å². The zero-order chi connectivity index (χ0) is 16.3. The summed E-state index contributed by atoms with van der Waals surface area (Å²) in [7, 11) is 0. The highest BCUT2D eigenvalue weighted by atomic mass is 16.7. The summed E-state index contributed by atoms with van der Waals surface area (Å²) < 4.78 is 10.9. The van der Waals surface area contributed by atoms with Gasteiger partial charge in [0.2, 0.25) is 6.79 Å². The van der Waals surface area contributed by atoms with Crippen molar-refractivity contribution in [1.82, 2.24) is 5.32 Å². The molecule has 5 nitrogen and oxygen atoms in total. The number of imide groups is 1. The number of fused-ring (bicyclic) bond motifs is 3. The van der Waals surface area contributed by atoms with Crippen LogP contribution in [0.25, 0.3) is 21.9 Å². The Bertz CT molecular complexity index is 1040. The van der Waals surface area contributed by atoms with Crippen molar-refractivity contribution < 1.29 is 19.1 Å². The van der Waals surface area contributed by atoms with Gasteiger partial charge in [0.1, 0.15) is 0 Å². The first kappa shape index (κ1) is 13.1. The van der Waals surface area contributed by atoms with E-state index in [1.54, 1.807) is 6.07 Å². The van der Waals surface area contributed by atoms with Gasteiger partial charge >= 0.3 is 0 Å². The summed E-state index contributed by atoms with van der Waals surface area (Å²) in [6, 6.07) is 15.0. The number of ether oxygens (including phenoxy) is 2. The lowest BCUT2D eigenvalue weighted by Gasteiger charge is -2.12. The Hall–Kier alpha value is -3.34. The number of amides is 2. The minimum atomic E-state index is -0.369. The fourth-order valence-electron chi connectivity index (χ4n) is 3.34. The van der Waals surface area contributed by atoms with Crippen molar-refractivity contribution in [2.75, 3.05) is 6.79 Å². The van der Waals surface area contributed by atoms with Crippen LogP contribution in [0.4, 0.5) is 0 Å². The van der Waals surface area contributed by atoms with Gasteiger partial charge in [-0.3, -0.25) is 14.9 Å². The van der Waals surface area contributed by atoms with Gasteiger partial charge in [-0.25, -0.2) is 0 Å². The number of hydrogen-bond donors (Lipinski definition) is 1. The molecule has 116 valence electrons. The minimum absolute atomic E-state index is 0.172. The summed E-state index contributed by atoms with van der Waals surface area (Å²) in [6.07, 6.45) is 0. The molecule has 2 aliphatic heterocycles. The molecule has 5 heteroatoms. The largest absolute Gasteiger partial charge is 0.454 e. The van der Waals surface area contributed by atoms with Crippen molar-refractivity contribution in [2.24, 2.45) is 0 Å². The molecule has 3 aromatic rings. The molecule has 3 aromatic carbocycles. The predicted octanol–water partition coefficient (Wildman–Crippen LogP) is 3.12. The molecule has 0 aliphatic carbocycles. The number of hydrogen-bond acceptors (Lipinski definition) is 4. The molecule has 0 saturated carbocycles. The Morgan fingerprint density at radius 3 is 2.38 bits per heavy atom. The van der Waals surface area contributed by atoms with Crippen molar-refractivity contribution in [2.45, 2.75) is 0 Å². The fourth-order valence-corrected chi connectivity index (χ4v) is 3.34. The maximum absolute atomic E-state index is 12.4. The molecule has 0 atom stereocenters. The number of carbonyl (C=O) groups excluding carboxylic acids is 2. The van der Waals surface area contributed by atoms with E-state index in [0.717, 1.165) is 21.9 Å². The van der Waals surface area contributed by atoms with E-state index in [4.69, 9.17) is 9.47 Å². The van der Waals surface area contributed by atoms with Crippen LogP contribution in [-0.2, 0) is 0 Å². The van der Waals surface area contributed by atoms with Crippen LogP contribution in [0.3, 0.4) is 0 Å². The van der Waals surface area contributed by atoms with Crippen LogP contribution in [0.2, 0.25) is 0 Å². The normalized spacial score (nSPS) is 14.8. The maximum Gasteiger partial charge on any atom is 0.259 e. The average Bonchev–Trinajstić information content (AvgIpc) is 3.16. The first-order chi connectivity index (χ1) is 11.7. The van der Waals surface area contributed by atoms with E-state index in [9.17, 15) is 9.59 Å². The van der Waals surface area contributed by atoms with Gasteiger partial charge in [0, 0.05) is 5.56 Å². The SMILES string of the molecule is O=C1NC(=O)c2c1cc1cc3c(cc1c2-c1ccccc1)OCO3. The number of rotatable bonds is 1. The van der Waals surface area contributed by atoms with E-state index in [-0.39, 0.29) is 18.6 Å². The first-order valence-corrected chi connectivity index (χ1v) is 7.54. The third-order valence-electron chi connectivity index (χ3n) is 4.39. The second-order valence-electron chi connectivity index (χ2n) is 5.75. The molecular weight excluding hydrogens is 306 g/mol. The molecule has 0 bridgehead atoms. The van der Waals surface area contributed by atoms with Crippen molar-refractivity contribution >= 4 is 22.6 Å². The lowest BCUT2D eigenvalue weighted by molar-refractivity contribution is 0.0880. The highest BCUT2D eigenvalue weighted by molar-refractivity contribution is 6.27. The average molecular weight is 317 g/mol. The van der Waals surface area contributed by atoms with E-state index < -0.39 is 0 Å². The Morgan fingerprint density at radius 1 is 0.833 bits per heavy atom. The van der Waals surface area contributed by atoms with E-state index in [1.807, 2.05) is 42.5 Å². The summed E-state index contributed by atoms with van der Waals surface area (Å²) in [4.78, 5) is 24.5. The quantitative estimate of drug-likeness (QED) is 0.700. The maximum atomic E-state index is 12.4. The molecule has 2 heterocycles. The second kappa shape index (κ2) is 4.58. The molecule has 1 N–H and O–H groups in total. The van der Waals surface area contributed by atoms with Crippen LogP contribution >= 0.6 is 0 Å². The molecule has 5 rings (SSSR count). The van der Waals surface area contributed by atoms with Crippen LogP contribution < -0.4 is 14.8 Å². The monoisotopic (exact) mass is 317 g/mol. The zero-order valence-corrected chi connectivity index (χ0v) is 12.5. The number of nitrogens with one attached hydrogen (secondary N) is 1. The van der Waals surface area contributed by atoms with Crippen molar-refractivity contribution in [3.8, 4) is 22.6 Å². The molecule has 0 saturated heterocycles. The van der Waals surface area contributed by atoms with Gasteiger partial charge < -0.3 is 9.47 Å². The molecule has 2 aliphatic rings. The highest BCUT2D eigenvalue weighted by Gasteiger charge is 2.32. The van der Waals surface area contributed by atoms with Crippen LogP contribution in [0, 0.1) is 0 Å². The smallest absolute Gasteiger partial charge is 0.259 e. The Kier molecular flexibility index (Phi) is 2.51. The van der Waals surface area contributed by atoms with Crippen LogP contribution in [0.5, 0.6) is 11.5 Å². The number of benzene rings is 3. The van der Waals surface area contributed by atoms with Gasteiger partial charge in [-0.15, -0.1) is 0 Å². The molecule has 0 aromatic heterocycles. The molecule has 0 radical (unpaired) electrons. The highest BCUT2D eigenvalue weighted by Crippen LogP contribution is 2.42. The standard InChI is InChI=1S/C19H11NO4/c21-18-13-6-11-7-14-15(24-9-23-14)8-12(11)16(17(13)19(22)20-18)10-4-2-1-3-5-10/h1-8H,9H2,(H,20,21,22). The Balaban J connectivity index is 1.95. The van der Waals surface area contributed by atoms with Gasteiger partial charge in [0.15, 0.2) is 11.5 Å². The third-order valence-corrected chi connectivity index (χ3v) is 4.39. The lowest BCUT2D eigenvalue weighted by atomic mass is 9.90. The van der Waals surface area contributed by atoms with Gasteiger partial charge in [-0.1, -0.05) is 30.3 Å². The minimum Gasteiger partial charge on any atom is -0.454 e. The van der Waals surface area contributed by atoms with Gasteiger partial charge in [0.25, 0.3) is 11.8 Å². The summed E-state index contributed by atoms with van der Waals surface area (Å²) >= 11 is 0. The number of carbonyl (C=O) groups is 2. The van der Waals surface area contributed by atoms with E-state index in [2.05, 4.69) is 5.32 Å². The van der Waals surface area contributed by atoms with Crippen LogP contribution in [0.1, 0.15) is 20.7 Å². The predicted molar refractivity (Wildman–Crippen MR) is 87.3 cm³/mol. The first-order valence-electron chi connectivity index (χ1n) is 7.54. The van der Waals surface area contributed by atoms with Crippen LogP contribution in [0.15, 0.2) is 48.5 Å². The molecule has 24 heavy (non-hydrogen) atoms. The molecule has 0 fully saturated rings. The summed E-state index contributed by atoms with van der Waals surface area (Å²) in [5, 5.41) is 4.07. The molecule has 2 amide bonds. The second-order valence-corrected chi connectivity index (χ2v) is 5.75. The van der Waals surface area contributed by atoms with Crippen molar-refractivity contribution in [1.29, 1.82) is 0 Å². The fraction of sp³-hybridized carbons (Fsp3) is 0.0526. The summed E-state index contributed by atoms with van der Waals surface area (Å²) in [5.74, 6) is 0.552. The summed E-state index contributed by atoms with van der Waals surface area (Å²) in [6.45, 7) is 0.172. The summed E-state index contributed by atoms with van der Waals surface area (Å²) in [5.41, 5.74) is 2.43. The molecule has 0 unspecified atom stereocenters. The molecule has 0 spiro atoms. The lowest BCUT2D eigenvalue weighted by Crippen LogP contribution is -2.20.